The average molecular weight is 384 g/mol. The molecule has 1 aromatic rings. The summed E-state index contributed by atoms with van der Waals surface area (Å²) in [5.41, 5.74) is 6.48. The molecule has 0 saturated carbocycles. The maximum atomic E-state index is 12.7. The average Bonchev–Trinajstić information content (AvgIpc) is 2.38. The predicted octanol–water partition coefficient (Wildman–Crippen LogP) is 2.68. The van der Waals surface area contributed by atoms with Crippen molar-refractivity contribution in [2.24, 2.45) is 5.73 Å². The number of nitrogens with zero attached hydrogens (tertiary/aromatic N) is 1. The van der Waals surface area contributed by atoms with Crippen LogP contribution in [0.4, 0.5) is 0 Å². The second-order valence-electron chi connectivity index (χ2n) is 4.91. The Kier molecular flexibility index (Phi) is 6.47. The Morgan fingerprint density at radius 2 is 2.10 bits per heavy atom. The number of halogens is 2. The zero-order valence-electron chi connectivity index (χ0n) is 11.4. The van der Waals surface area contributed by atoms with E-state index in [1.807, 2.05) is 13.0 Å². The molecule has 1 heterocycles. The summed E-state index contributed by atoms with van der Waals surface area (Å²) >= 11 is 3.36. The number of rotatable bonds is 3. The molecular formula is C13H20BrClN2O2S. The molecule has 0 radical (unpaired) electrons. The Morgan fingerprint density at radius 1 is 1.40 bits per heavy atom. The van der Waals surface area contributed by atoms with Gasteiger partial charge in [0.1, 0.15) is 0 Å². The molecule has 1 fully saturated rings. The number of sulfonamides is 1. The van der Waals surface area contributed by atoms with E-state index in [2.05, 4.69) is 15.9 Å². The van der Waals surface area contributed by atoms with Gasteiger partial charge in [0.25, 0.3) is 0 Å². The van der Waals surface area contributed by atoms with Crippen molar-refractivity contribution in [1.82, 2.24) is 4.31 Å². The third-order valence-corrected chi connectivity index (χ3v) is 6.17. The molecule has 1 unspecified atom stereocenters. The minimum atomic E-state index is -3.44. The minimum Gasteiger partial charge on any atom is -0.329 e. The van der Waals surface area contributed by atoms with E-state index < -0.39 is 10.0 Å². The lowest BCUT2D eigenvalue weighted by Crippen LogP contribution is -2.47. The van der Waals surface area contributed by atoms with Crippen molar-refractivity contribution in [3.63, 3.8) is 0 Å². The van der Waals surface area contributed by atoms with E-state index in [9.17, 15) is 8.42 Å². The number of hydrogen-bond acceptors (Lipinski definition) is 3. The summed E-state index contributed by atoms with van der Waals surface area (Å²) in [7, 11) is -3.44. The highest BCUT2D eigenvalue weighted by Crippen LogP contribution is 2.28. The van der Waals surface area contributed by atoms with Gasteiger partial charge in [-0.15, -0.1) is 12.4 Å². The predicted molar refractivity (Wildman–Crippen MR) is 86.7 cm³/mol. The van der Waals surface area contributed by atoms with Crippen LogP contribution in [0.3, 0.4) is 0 Å². The molecule has 4 nitrogen and oxygen atoms in total. The first-order valence-electron chi connectivity index (χ1n) is 6.45. The Bertz CT molecular complexity index is 565. The minimum absolute atomic E-state index is 0. The van der Waals surface area contributed by atoms with E-state index in [1.54, 1.807) is 16.4 Å². The van der Waals surface area contributed by atoms with Crippen molar-refractivity contribution in [2.45, 2.75) is 37.1 Å². The lowest BCUT2D eigenvalue weighted by Gasteiger charge is -2.34. The van der Waals surface area contributed by atoms with Gasteiger partial charge in [0.05, 0.1) is 4.90 Å². The third-order valence-electron chi connectivity index (χ3n) is 3.57. The van der Waals surface area contributed by atoms with Gasteiger partial charge in [0.2, 0.25) is 10.0 Å². The first-order valence-corrected chi connectivity index (χ1v) is 8.68. The Morgan fingerprint density at radius 3 is 2.70 bits per heavy atom. The summed E-state index contributed by atoms with van der Waals surface area (Å²) in [6.07, 6.45) is 2.81. The second-order valence-corrected chi connectivity index (χ2v) is 7.69. The molecule has 0 aliphatic carbocycles. The zero-order chi connectivity index (χ0) is 14.0. The van der Waals surface area contributed by atoms with Gasteiger partial charge in [0, 0.05) is 23.6 Å². The standard InChI is InChI=1S/C13H19BrN2O2S.ClH/c1-10-8-11(14)5-6-13(10)19(17,18)16-7-3-2-4-12(16)9-15;/h5-6,8,12H,2-4,7,9,15H2,1H3;1H. The van der Waals surface area contributed by atoms with Gasteiger partial charge in [-0.1, -0.05) is 22.4 Å². The highest BCUT2D eigenvalue weighted by Gasteiger charge is 2.33. The monoisotopic (exact) mass is 382 g/mol. The van der Waals surface area contributed by atoms with Crippen LogP contribution in [0.25, 0.3) is 0 Å². The molecule has 7 heteroatoms. The highest BCUT2D eigenvalue weighted by atomic mass is 79.9. The third kappa shape index (κ3) is 3.54. The summed E-state index contributed by atoms with van der Waals surface area (Å²) in [6.45, 7) is 2.77. The highest BCUT2D eigenvalue weighted by molar-refractivity contribution is 9.10. The summed E-state index contributed by atoms with van der Waals surface area (Å²) in [4.78, 5) is 0.385. The molecule has 2 N–H and O–H groups in total. The van der Waals surface area contributed by atoms with Crippen LogP contribution in [-0.2, 0) is 10.0 Å². The zero-order valence-corrected chi connectivity index (χ0v) is 14.6. The molecule has 0 aromatic heterocycles. The van der Waals surface area contributed by atoms with Crippen LogP contribution >= 0.6 is 28.3 Å². The summed E-state index contributed by atoms with van der Waals surface area (Å²) in [5, 5.41) is 0. The van der Waals surface area contributed by atoms with Gasteiger partial charge in [0.15, 0.2) is 0 Å². The largest absolute Gasteiger partial charge is 0.329 e. The Hall–Kier alpha value is -0.140. The van der Waals surface area contributed by atoms with Crippen molar-refractivity contribution in [1.29, 1.82) is 0 Å². The first-order chi connectivity index (χ1) is 8.96. The van der Waals surface area contributed by atoms with Gasteiger partial charge in [-0.2, -0.15) is 4.31 Å². The van der Waals surface area contributed by atoms with E-state index in [-0.39, 0.29) is 18.4 Å². The molecule has 1 atom stereocenters. The van der Waals surface area contributed by atoms with Gasteiger partial charge in [-0.3, -0.25) is 0 Å². The number of aryl methyl sites for hydroxylation is 1. The molecule has 114 valence electrons. The number of hydrogen-bond donors (Lipinski definition) is 1. The van der Waals surface area contributed by atoms with Gasteiger partial charge in [-0.05, 0) is 43.5 Å². The number of benzene rings is 1. The van der Waals surface area contributed by atoms with Crippen molar-refractivity contribution in [3.8, 4) is 0 Å². The van der Waals surface area contributed by atoms with Crippen molar-refractivity contribution in [3.05, 3.63) is 28.2 Å². The van der Waals surface area contributed by atoms with Crippen molar-refractivity contribution >= 4 is 38.4 Å². The van der Waals surface area contributed by atoms with Crippen LogP contribution in [0, 0.1) is 6.92 Å². The van der Waals surface area contributed by atoms with Crippen LogP contribution in [0.15, 0.2) is 27.6 Å². The molecule has 1 aliphatic rings. The normalized spacial score (nSPS) is 20.4. The SMILES string of the molecule is Cc1cc(Br)ccc1S(=O)(=O)N1CCCCC1CN.Cl. The van der Waals surface area contributed by atoms with Crippen LogP contribution in [0.1, 0.15) is 24.8 Å². The van der Waals surface area contributed by atoms with E-state index in [4.69, 9.17) is 5.73 Å². The molecule has 1 aromatic carbocycles. The summed E-state index contributed by atoms with van der Waals surface area (Å²) in [6, 6.07) is 5.19. The molecule has 1 saturated heterocycles. The molecule has 20 heavy (non-hydrogen) atoms. The van der Waals surface area contributed by atoms with Crippen LogP contribution in [0.5, 0.6) is 0 Å². The topological polar surface area (TPSA) is 63.4 Å². The number of nitrogens with two attached hydrogens (primary N) is 1. The molecule has 2 rings (SSSR count). The van der Waals surface area contributed by atoms with E-state index in [0.717, 1.165) is 29.3 Å². The summed E-state index contributed by atoms with van der Waals surface area (Å²) in [5.74, 6) is 0. The quantitative estimate of drug-likeness (QED) is 0.873. The molecule has 1 aliphatic heterocycles. The second kappa shape index (κ2) is 7.22. The molecule has 0 bridgehead atoms. The lowest BCUT2D eigenvalue weighted by atomic mass is 10.1. The van der Waals surface area contributed by atoms with E-state index in [1.165, 1.54) is 0 Å². The van der Waals surface area contributed by atoms with Crippen molar-refractivity contribution < 1.29 is 8.42 Å². The van der Waals surface area contributed by atoms with Gasteiger partial charge in [-0.25, -0.2) is 8.42 Å². The molecule has 0 spiro atoms. The van der Waals surface area contributed by atoms with E-state index >= 15 is 0 Å². The smallest absolute Gasteiger partial charge is 0.243 e. The Labute approximate surface area is 135 Å². The first kappa shape index (κ1) is 17.9. The van der Waals surface area contributed by atoms with E-state index in [0.29, 0.717) is 18.0 Å². The van der Waals surface area contributed by atoms with Gasteiger partial charge < -0.3 is 5.73 Å². The number of piperidine rings is 1. The Balaban J connectivity index is 0.00000200. The maximum absolute atomic E-state index is 12.7. The van der Waals surface area contributed by atoms with Crippen LogP contribution < -0.4 is 5.73 Å². The van der Waals surface area contributed by atoms with Crippen LogP contribution in [-0.4, -0.2) is 31.9 Å². The van der Waals surface area contributed by atoms with Gasteiger partial charge >= 0.3 is 0 Å². The van der Waals surface area contributed by atoms with Crippen LogP contribution in [0.2, 0.25) is 0 Å². The fourth-order valence-electron chi connectivity index (χ4n) is 2.55. The van der Waals surface area contributed by atoms with Crippen molar-refractivity contribution in [2.75, 3.05) is 13.1 Å². The maximum Gasteiger partial charge on any atom is 0.243 e. The lowest BCUT2D eigenvalue weighted by molar-refractivity contribution is 0.257. The summed E-state index contributed by atoms with van der Waals surface area (Å²) < 4.78 is 28.0. The molecular weight excluding hydrogens is 364 g/mol. The fraction of sp³-hybridized carbons (Fsp3) is 0.538. The fourth-order valence-corrected chi connectivity index (χ4v) is 4.94. The molecule has 0 amide bonds.